The van der Waals surface area contributed by atoms with E-state index in [-0.39, 0.29) is 6.54 Å². The van der Waals surface area contributed by atoms with Gasteiger partial charge in [0.25, 0.3) is 0 Å². The van der Waals surface area contributed by atoms with Gasteiger partial charge in [-0.1, -0.05) is 13.8 Å². The van der Waals surface area contributed by atoms with Gasteiger partial charge in [-0.25, -0.2) is 0 Å². The smallest absolute Gasteiger partial charge is 0.317 e. The largest absolute Gasteiger partial charge is 0.480 e. The molecule has 3 heteroatoms. The van der Waals surface area contributed by atoms with Gasteiger partial charge in [-0.3, -0.25) is 9.69 Å². The van der Waals surface area contributed by atoms with Gasteiger partial charge in [-0.15, -0.1) is 0 Å². The standard InChI is InChI=1S/C9H17NO2/c1-3-8-4-7(2)5-10(8)6-9(11)12/h7-8H,3-6H2,1-2H3,(H,11,12)/t7-,8-/m0/s1. The summed E-state index contributed by atoms with van der Waals surface area (Å²) in [4.78, 5) is 12.6. The molecule has 0 saturated carbocycles. The Balaban J connectivity index is 2.46. The second kappa shape index (κ2) is 3.90. The number of hydrogen-bond acceptors (Lipinski definition) is 2. The van der Waals surface area contributed by atoms with E-state index in [0.29, 0.717) is 12.0 Å². The minimum atomic E-state index is -0.706. The summed E-state index contributed by atoms with van der Waals surface area (Å²) in [5.74, 6) is -0.0446. The van der Waals surface area contributed by atoms with Crippen LogP contribution in [-0.4, -0.2) is 35.1 Å². The predicted molar refractivity (Wildman–Crippen MR) is 47.1 cm³/mol. The van der Waals surface area contributed by atoms with Gasteiger partial charge in [-0.05, 0) is 18.8 Å². The molecule has 1 rings (SSSR count). The van der Waals surface area contributed by atoms with Gasteiger partial charge in [0.05, 0.1) is 6.54 Å². The Kier molecular flexibility index (Phi) is 3.09. The molecule has 0 aromatic rings. The van der Waals surface area contributed by atoms with Gasteiger partial charge in [0.1, 0.15) is 0 Å². The Morgan fingerprint density at radius 1 is 1.67 bits per heavy atom. The summed E-state index contributed by atoms with van der Waals surface area (Å²) in [6.07, 6.45) is 2.22. The van der Waals surface area contributed by atoms with Crippen molar-refractivity contribution in [2.75, 3.05) is 13.1 Å². The number of hydrogen-bond donors (Lipinski definition) is 1. The summed E-state index contributed by atoms with van der Waals surface area (Å²) >= 11 is 0. The average Bonchev–Trinajstić information content (AvgIpc) is 2.29. The summed E-state index contributed by atoms with van der Waals surface area (Å²) in [7, 11) is 0. The number of carbonyl (C=O) groups is 1. The van der Waals surface area contributed by atoms with E-state index in [4.69, 9.17) is 5.11 Å². The topological polar surface area (TPSA) is 40.5 Å². The fourth-order valence-electron chi connectivity index (χ4n) is 2.03. The molecular formula is C9H17NO2. The summed E-state index contributed by atoms with van der Waals surface area (Å²) in [5, 5.41) is 8.63. The minimum absolute atomic E-state index is 0.211. The zero-order valence-electron chi connectivity index (χ0n) is 7.79. The van der Waals surface area contributed by atoms with E-state index in [1.54, 1.807) is 0 Å². The second-order valence-electron chi connectivity index (χ2n) is 3.73. The van der Waals surface area contributed by atoms with Crippen molar-refractivity contribution in [3.63, 3.8) is 0 Å². The van der Waals surface area contributed by atoms with E-state index in [1.807, 2.05) is 0 Å². The molecule has 0 aliphatic carbocycles. The van der Waals surface area contributed by atoms with Gasteiger partial charge in [0, 0.05) is 12.6 Å². The number of nitrogens with zero attached hydrogens (tertiary/aromatic N) is 1. The zero-order chi connectivity index (χ0) is 9.14. The molecule has 2 atom stereocenters. The first-order valence-electron chi connectivity index (χ1n) is 4.59. The minimum Gasteiger partial charge on any atom is -0.480 e. The van der Waals surface area contributed by atoms with Crippen molar-refractivity contribution >= 4 is 5.97 Å². The third-order valence-corrected chi connectivity index (χ3v) is 2.55. The highest BCUT2D eigenvalue weighted by Gasteiger charge is 2.28. The molecule has 1 heterocycles. The molecule has 70 valence electrons. The van der Waals surface area contributed by atoms with Crippen molar-refractivity contribution in [1.82, 2.24) is 4.90 Å². The third-order valence-electron chi connectivity index (χ3n) is 2.55. The van der Waals surface area contributed by atoms with Crippen LogP contribution in [0.25, 0.3) is 0 Å². The van der Waals surface area contributed by atoms with Crippen molar-refractivity contribution in [3.05, 3.63) is 0 Å². The van der Waals surface area contributed by atoms with E-state index in [9.17, 15) is 4.79 Å². The lowest BCUT2D eigenvalue weighted by Crippen LogP contribution is -2.33. The maximum Gasteiger partial charge on any atom is 0.317 e. The Labute approximate surface area is 73.4 Å². The Hall–Kier alpha value is -0.570. The van der Waals surface area contributed by atoms with Crippen LogP contribution in [0.1, 0.15) is 26.7 Å². The van der Waals surface area contributed by atoms with Gasteiger partial charge in [-0.2, -0.15) is 0 Å². The van der Waals surface area contributed by atoms with Crippen LogP contribution in [0.4, 0.5) is 0 Å². The molecule has 3 nitrogen and oxygen atoms in total. The third kappa shape index (κ3) is 2.21. The Bertz CT molecular complexity index is 170. The highest BCUT2D eigenvalue weighted by molar-refractivity contribution is 5.69. The van der Waals surface area contributed by atoms with Crippen LogP contribution in [0.15, 0.2) is 0 Å². The van der Waals surface area contributed by atoms with Crippen molar-refractivity contribution in [2.45, 2.75) is 32.7 Å². The quantitative estimate of drug-likeness (QED) is 0.693. The first kappa shape index (κ1) is 9.52. The Morgan fingerprint density at radius 3 is 2.83 bits per heavy atom. The first-order valence-corrected chi connectivity index (χ1v) is 4.59. The van der Waals surface area contributed by atoms with Crippen LogP contribution in [0, 0.1) is 5.92 Å². The van der Waals surface area contributed by atoms with Crippen LogP contribution < -0.4 is 0 Å². The number of aliphatic carboxylic acids is 1. The van der Waals surface area contributed by atoms with Crippen LogP contribution in [-0.2, 0) is 4.79 Å². The van der Waals surface area contributed by atoms with E-state index < -0.39 is 5.97 Å². The molecule has 0 amide bonds. The van der Waals surface area contributed by atoms with E-state index >= 15 is 0 Å². The molecule has 0 radical (unpaired) electrons. The van der Waals surface area contributed by atoms with Crippen LogP contribution >= 0.6 is 0 Å². The average molecular weight is 171 g/mol. The van der Waals surface area contributed by atoms with Gasteiger partial charge >= 0.3 is 5.97 Å². The van der Waals surface area contributed by atoms with E-state index in [0.717, 1.165) is 19.4 Å². The van der Waals surface area contributed by atoms with Gasteiger partial charge in [0.2, 0.25) is 0 Å². The highest BCUT2D eigenvalue weighted by Crippen LogP contribution is 2.24. The molecule has 1 saturated heterocycles. The number of carboxylic acids is 1. The lowest BCUT2D eigenvalue weighted by Gasteiger charge is -2.20. The fraction of sp³-hybridized carbons (Fsp3) is 0.889. The molecule has 1 N–H and O–H groups in total. The molecule has 1 fully saturated rings. The fourth-order valence-corrected chi connectivity index (χ4v) is 2.03. The summed E-state index contributed by atoms with van der Waals surface area (Å²) in [5.41, 5.74) is 0. The molecule has 0 bridgehead atoms. The van der Waals surface area contributed by atoms with Crippen LogP contribution in [0.5, 0.6) is 0 Å². The van der Waals surface area contributed by atoms with E-state index in [2.05, 4.69) is 18.7 Å². The SMILES string of the molecule is CC[C@H]1C[C@H](C)CN1CC(=O)O. The lowest BCUT2D eigenvalue weighted by molar-refractivity contribution is -0.138. The molecule has 0 spiro atoms. The molecule has 0 aromatic heterocycles. The van der Waals surface area contributed by atoms with Crippen LogP contribution in [0.2, 0.25) is 0 Å². The van der Waals surface area contributed by atoms with Gasteiger partial charge < -0.3 is 5.11 Å². The highest BCUT2D eigenvalue weighted by atomic mass is 16.4. The zero-order valence-corrected chi connectivity index (χ0v) is 7.79. The first-order chi connectivity index (χ1) is 5.63. The lowest BCUT2D eigenvalue weighted by atomic mass is 10.1. The molecule has 0 aromatic carbocycles. The van der Waals surface area contributed by atoms with Crippen molar-refractivity contribution in [1.29, 1.82) is 0 Å². The molecule has 1 aliphatic rings. The van der Waals surface area contributed by atoms with Crippen molar-refractivity contribution < 1.29 is 9.90 Å². The molecule has 0 unspecified atom stereocenters. The molecule has 12 heavy (non-hydrogen) atoms. The van der Waals surface area contributed by atoms with Crippen molar-refractivity contribution in [2.24, 2.45) is 5.92 Å². The number of carboxylic acid groups (broad SMARTS) is 1. The Morgan fingerprint density at radius 2 is 2.33 bits per heavy atom. The monoisotopic (exact) mass is 171 g/mol. The second-order valence-corrected chi connectivity index (χ2v) is 3.73. The predicted octanol–water partition coefficient (Wildman–Crippen LogP) is 1.19. The molecular weight excluding hydrogens is 154 g/mol. The normalized spacial score (nSPS) is 30.8. The molecule has 1 aliphatic heterocycles. The maximum atomic E-state index is 10.5. The summed E-state index contributed by atoms with van der Waals surface area (Å²) in [6, 6.07) is 0.496. The van der Waals surface area contributed by atoms with Crippen molar-refractivity contribution in [3.8, 4) is 0 Å². The number of rotatable bonds is 3. The maximum absolute atomic E-state index is 10.5. The number of likely N-dealkylation sites (tertiary alicyclic amines) is 1. The van der Waals surface area contributed by atoms with Gasteiger partial charge in [0.15, 0.2) is 0 Å². The van der Waals surface area contributed by atoms with Crippen LogP contribution in [0.3, 0.4) is 0 Å². The summed E-state index contributed by atoms with van der Waals surface area (Å²) < 4.78 is 0. The summed E-state index contributed by atoms with van der Waals surface area (Å²) in [6.45, 7) is 5.47. The van der Waals surface area contributed by atoms with E-state index in [1.165, 1.54) is 0 Å².